The molecule has 0 aliphatic heterocycles. The summed E-state index contributed by atoms with van der Waals surface area (Å²) < 4.78 is 27.5. The number of halogens is 1. The van der Waals surface area contributed by atoms with E-state index in [-0.39, 0.29) is 52.9 Å². The van der Waals surface area contributed by atoms with Crippen LogP contribution in [0, 0.1) is 6.92 Å². The van der Waals surface area contributed by atoms with Crippen LogP contribution >= 0.6 is 11.6 Å². The number of nitrogens with one attached hydrogen (secondary N) is 1. The molecular formula is C29H26ClNO9. The molecule has 0 bridgehead atoms. The minimum Gasteiger partial charge on any atom is -0.473 e. The molecule has 0 spiro atoms. The van der Waals surface area contributed by atoms with Gasteiger partial charge in [-0.25, -0.2) is 9.59 Å². The van der Waals surface area contributed by atoms with Crippen molar-refractivity contribution in [3.8, 4) is 17.1 Å². The largest absolute Gasteiger partial charge is 0.473 e. The summed E-state index contributed by atoms with van der Waals surface area (Å²) in [5, 5.41) is 3.00. The Hall–Kier alpha value is -4.57. The van der Waals surface area contributed by atoms with Gasteiger partial charge in [0.2, 0.25) is 17.1 Å². The highest BCUT2D eigenvalue weighted by Gasteiger charge is 2.33. The van der Waals surface area contributed by atoms with E-state index in [0.29, 0.717) is 16.2 Å². The second-order valence-electron chi connectivity index (χ2n) is 8.49. The molecule has 0 saturated carbocycles. The molecule has 0 aliphatic rings. The van der Waals surface area contributed by atoms with E-state index < -0.39 is 29.4 Å². The lowest BCUT2D eigenvalue weighted by atomic mass is 10.1. The molecule has 4 aromatic rings. The van der Waals surface area contributed by atoms with E-state index in [1.807, 2.05) is 0 Å². The highest BCUT2D eigenvalue weighted by atomic mass is 35.5. The molecule has 1 unspecified atom stereocenters. The first-order valence-corrected chi connectivity index (χ1v) is 12.8. The molecule has 2 aromatic heterocycles. The normalized spacial score (nSPS) is 11.6. The zero-order valence-corrected chi connectivity index (χ0v) is 22.9. The van der Waals surface area contributed by atoms with Crippen molar-refractivity contribution < 1.29 is 37.4 Å². The van der Waals surface area contributed by atoms with Crippen LogP contribution in [0.15, 0.2) is 62.2 Å². The van der Waals surface area contributed by atoms with Gasteiger partial charge in [-0.05, 0) is 52.0 Å². The topological polar surface area (TPSA) is 134 Å². The van der Waals surface area contributed by atoms with Crippen LogP contribution in [0.4, 0.5) is 5.88 Å². The van der Waals surface area contributed by atoms with Gasteiger partial charge in [0, 0.05) is 5.56 Å². The number of benzene rings is 2. The number of hydrogen-bond acceptors (Lipinski definition) is 9. The molecule has 0 aliphatic carbocycles. The van der Waals surface area contributed by atoms with Crippen LogP contribution in [0.25, 0.3) is 22.3 Å². The lowest BCUT2D eigenvalue weighted by molar-refractivity contribution is -0.122. The Morgan fingerprint density at radius 3 is 2.23 bits per heavy atom. The Bertz CT molecular complexity index is 1650. The molecule has 208 valence electrons. The number of esters is 2. The van der Waals surface area contributed by atoms with Crippen LogP contribution in [-0.4, -0.2) is 37.2 Å². The van der Waals surface area contributed by atoms with Crippen molar-refractivity contribution in [3.05, 3.63) is 80.7 Å². The maximum absolute atomic E-state index is 13.5. The molecule has 0 fully saturated rings. The summed E-state index contributed by atoms with van der Waals surface area (Å²) >= 11 is 6.39. The first-order chi connectivity index (χ1) is 19.2. The predicted molar refractivity (Wildman–Crippen MR) is 147 cm³/mol. The molecule has 0 radical (unpaired) electrons. The SMILES string of the molecule is CCOC(=O)c1c(C)oc(NC(=O)C(C)Oc2c(-c3ccccc3Cl)oc3ccccc3c2=O)c1C(=O)OCC. The molecule has 1 atom stereocenters. The average Bonchev–Trinajstić information content (AvgIpc) is 3.26. The highest BCUT2D eigenvalue weighted by molar-refractivity contribution is 6.33. The van der Waals surface area contributed by atoms with Crippen LogP contribution in [0.2, 0.25) is 5.02 Å². The standard InChI is InChI=1S/C29H26ClNO9/c1-5-36-28(34)21-15(3)39-27(22(21)29(35)37-6-2)31-26(33)16(4)38-25-23(32)18-12-8-10-14-20(18)40-24(25)17-11-7-9-13-19(17)30/h7-14,16H,5-6H2,1-4H3,(H,31,33). The van der Waals surface area contributed by atoms with Crippen LogP contribution in [0.5, 0.6) is 5.75 Å². The van der Waals surface area contributed by atoms with E-state index in [9.17, 15) is 19.2 Å². The molecular weight excluding hydrogens is 542 g/mol. The number of ether oxygens (including phenoxy) is 3. The summed E-state index contributed by atoms with van der Waals surface area (Å²) in [7, 11) is 0. The summed E-state index contributed by atoms with van der Waals surface area (Å²) in [6, 6.07) is 13.3. The fourth-order valence-electron chi connectivity index (χ4n) is 3.98. The fraction of sp³-hybridized carbons (Fsp3) is 0.241. The molecule has 1 N–H and O–H groups in total. The summed E-state index contributed by atoms with van der Waals surface area (Å²) in [6.45, 7) is 6.11. The number of aryl methyl sites for hydroxylation is 1. The number of para-hydroxylation sites is 1. The molecule has 40 heavy (non-hydrogen) atoms. The third-order valence-electron chi connectivity index (χ3n) is 5.82. The molecule has 2 heterocycles. The average molecular weight is 568 g/mol. The number of rotatable bonds is 9. The third kappa shape index (κ3) is 5.57. The van der Waals surface area contributed by atoms with Crippen LogP contribution in [-0.2, 0) is 14.3 Å². The van der Waals surface area contributed by atoms with Gasteiger partial charge in [-0.2, -0.15) is 0 Å². The summed E-state index contributed by atoms with van der Waals surface area (Å²) in [6.07, 6.45) is -1.29. The number of anilines is 1. The first kappa shape index (κ1) is 28.4. The third-order valence-corrected chi connectivity index (χ3v) is 6.15. The quantitative estimate of drug-likeness (QED) is 0.250. The number of fused-ring (bicyclic) bond motifs is 1. The maximum Gasteiger partial charge on any atom is 0.344 e. The van der Waals surface area contributed by atoms with Crippen molar-refractivity contribution in [2.75, 3.05) is 18.5 Å². The Morgan fingerprint density at radius 2 is 1.55 bits per heavy atom. The number of carbonyl (C=O) groups is 3. The van der Waals surface area contributed by atoms with Gasteiger partial charge in [0.15, 0.2) is 11.9 Å². The predicted octanol–water partition coefficient (Wildman–Crippen LogP) is 5.77. The lowest BCUT2D eigenvalue weighted by Crippen LogP contribution is -2.32. The maximum atomic E-state index is 13.5. The molecule has 2 aromatic carbocycles. The summed E-state index contributed by atoms with van der Waals surface area (Å²) in [5.41, 5.74) is -0.272. The van der Waals surface area contributed by atoms with Crippen LogP contribution in [0.3, 0.4) is 0 Å². The van der Waals surface area contributed by atoms with Crippen molar-refractivity contribution >= 4 is 46.3 Å². The number of amides is 1. The number of carbonyl (C=O) groups excluding carboxylic acids is 3. The fourth-order valence-corrected chi connectivity index (χ4v) is 4.20. The summed E-state index contributed by atoms with van der Waals surface area (Å²) in [4.78, 5) is 51.9. The molecule has 1 amide bonds. The zero-order valence-electron chi connectivity index (χ0n) is 22.2. The summed E-state index contributed by atoms with van der Waals surface area (Å²) in [5.74, 6) is -2.95. The number of hydrogen-bond donors (Lipinski definition) is 1. The van der Waals surface area contributed by atoms with Crippen molar-refractivity contribution in [2.24, 2.45) is 0 Å². The number of furan rings is 1. The van der Waals surface area contributed by atoms with E-state index in [2.05, 4.69) is 5.32 Å². The first-order valence-electron chi connectivity index (χ1n) is 12.4. The van der Waals surface area contributed by atoms with Gasteiger partial charge in [0.1, 0.15) is 22.5 Å². The van der Waals surface area contributed by atoms with Gasteiger partial charge in [0.05, 0.1) is 23.6 Å². The smallest absolute Gasteiger partial charge is 0.344 e. The van der Waals surface area contributed by atoms with Gasteiger partial charge in [0.25, 0.3) is 5.91 Å². The van der Waals surface area contributed by atoms with E-state index >= 15 is 0 Å². The molecule has 10 nitrogen and oxygen atoms in total. The Morgan fingerprint density at radius 1 is 0.925 bits per heavy atom. The van der Waals surface area contributed by atoms with Gasteiger partial charge in [-0.1, -0.05) is 35.9 Å². The monoisotopic (exact) mass is 567 g/mol. The van der Waals surface area contributed by atoms with Crippen molar-refractivity contribution in [1.82, 2.24) is 0 Å². The second kappa shape index (κ2) is 12.1. The van der Waals surface area contributed by atoms with Crippen LogP contribution in [0.1, 0.15) is 47.2 Å². The minimum absolute atomic E-state index is 0.0147. The Kier molecular flexibility index (Phi) is 8.59. The van der Waals surface area contributed by atoms with Gasteiger partial charge in [-0.15, -0.1) is 0 Å². The van der Waals surface area contributed by atoms with E-state index in [1.54, 1.807) is 62.4 Å². The molecule has 11 heteroatoms. The van der Waals surface area contributed by atoms with Crippen LogP contribution < -0.4 is 15.5 Å². The van der Waals surface area contributed by atoms with Crippen molar-refractivity contribution in [2.45, 2.75) is 33.8 Å². The van der Waals surface area contributed by atoms with Crippen molar-refractivity contribution in [1.29, 1.82) is 0 Å². The van der Waals surface area contributed by atoms with E-state index in [4.69, 9.17) is 34.6 Å². The second-order valence-corrected chi connectivity index (χ2v) is 8.90. The Balaban J connectivity index is 1.72. The Labute approximate surface area is 233 Å². The van der Waals surface area contributed by atoms with Gasteiger partial charge in [-0.3, -0.25) is 14.9 Å². The molecule has 4 rings (SSSR count). The van der Waals surface area contributed by atoms with E-state index in [0.717, 1.165) is 0 Å². The minimum atomic E-state index is -1.29. The molecule has 0 saturated heterocycles. The van der Waals surface area contributed by atoms with Crippen molar-refractivity contribution in [3.63, 3.8) is 0 Å². The highest BCUT2D eigenvalue weighted by Crippen LogP contribution is 2.36. The van der Waals surface area contributed by atoms with Gasteiger partial charge < -0.3 is 23.0 Å². The zero-order chi connectivity index (χ0) is 29.0. The van der Waals surface area contributed by atoms with E-state index in [1.165, 1.54) is 13.8 Å². The van der Waals surface area contributed by atoms with Gasteiger partial charge >= 0.3 is 11.9 Å². The lowest BCUT2D eigenvalue weighted by Gasteiger charge is -2.17.